The smallest absolute Gasteiger partial charge is 0.305 e. The molecule has 0 spiro atoms. The summed E-state index contributed by atoms with van der Waals surface area (Å²) < 4.78 is 10.4. The van der Waals surface area contributed by atoms with Gasteiger partial charge in [-0.2, -0.15) is 5.10 Å². The second-order valence-corrected chi connectivity index (χ2v) is 5.70. The molecule has 0 aromatic heterocycles. The molecule has 0 saturated heterocycles. The first kappa shape index (κ1) is 19.2. The summed E-state index contributed by atoms with van der Waals surface area (Å²) in [5, 5.41) is 16.9. The number of hydrogen-bond acceptors (Lipinski definition) is 6. The Morgan fingerprint density at radius 1 is 1.31 bits per heavy atom. The van der Waals surface area contributed by atoms with Gasteiger partial charge in [0.15, 0.2) is 0 Å². The van der Waals surface area contributed by atoms with Gasteiger partial charge in [-0.15, -0.1) is 0 Å². The molecular weight excluding hydrogens is 342 g/mol. The Hall–Kier alpha value is -3.10. The summed E-state index contributed by atoms with van der Waals surface area (Å²) in [5.41, 5.74) is 0.680. The van der Waals surface area contributed by atoms with Crippen LogP contribution in [0.4, 0.5) is 0 Å². The highest BCUT2D eigenvalue weighted by Gasteiger charge is 2.27. The lowest BCUT2D eigenvalue weighted by molar-refractivity contribution is -0.137. The van der Waals surface area contributed by atoms with Gasteiger partial charge in [0.1, 0.15) is 17.2 Å². The number of carbonyl (C=O) groups excluding carboxylic acids is 2. The zero-order chi connectivity index (χ0) is 19.3. The van der Waals surface area contributed by atoms with Gasteiger partial charge < -0.3 is 19.9 Å². The Bertz CT molecular complexity index is 746. The van der Waals surface area contributed by atoms with Gasteiger partial charge in [-0.1, -0.05) is 0 Å². The molecule has 2 rings (SSSR count). The summed E-state index contributed by atoms with van der Waals surface area (Å²) in [4.78, 5) is 35.2. The molecule has 1 heterocycles. The van der Waals surface area contributed by atoms with Crippen LogP contribution in [0.2, 0.25) is 0 Å². The summed E-state index contributed by atoms with van der Waals surface area (Å²) in [6.07, 6.45) is 0.0449. The first-order chi connectivity index (χ1) is 12.3. The molecule has 9 heteroatoms. The molecule has 1 atom stereocenters. The van der Waals surface area contributed by atoms with Crippen LogP contribution >= 0.6 is 0 Å². The Balaban J connectivity index is 2.28. The van der Waals surface area contributed by atoms with Crippen molar-refractivity contribution in [1.82, 2.24) is 10.3 Å². The first-order valence-electron chi connectivity index (χ1n) is 7.94. The third-order valence-corrected chi connectivity index (χ3v) is 3.97. The average Bonchev–Trinajstić information content (AvgIpc) is 2.62. The number of nitrogens with zero attached hydrogens (tertiary/aromatic N) is 2. The van der Waals surface area contributed by atoms with Crippen molar-refractivity contribution in [2.45, 2.75) is 25.3 Å². The molecule has 1 aromatic rings. The van der Waals surface area contributed by atoms with Gasteiger partial charge in [0.25, 0.3) is 5.91 Å². The molecular formula is C17H21N3O6. The van der Waals surface area contributed by atoms with Crippen LogP contribution in [-0.4, -0.2) is 54.9 Å². The van der Waals surface area contributed by atoms with Crippen molar-refractivity contribution in [1.29, 1.82) is 0 Å². The van der Waals surface area contributed by atoms with Crippen molar-refractivity contribution >= 4 is 23.5 Å². The lowest BCUT2D eigenvalue weighted by atomic mass is 10.0. The molecule has 1 aliphatic heterocycles. The molecule has 0 bridgehead atoms. The number of methoxy groups -OCH3 is 2. The van der Waals surface area contributed by atoms with Crippen LogP contribution in [0.15, 0.2) is 23.3 Å². The Morgan fingerprint density at radius 2 is 2.04 bits per heavy atom. The SMILES string of the molecule is COc1ccc(C(CC(=O)O)NC(=O)C2=NN(C)C(=O)CC2)c(OC)c1. The third kappa shape index (κ3) is 4.50. The van der Waals surface area contributed by atoms with Crippen LogP contribution in [-0.2, 0) is 14.4 Å². The fourth-order valence-corrected chi connectivity index (χ4v) is 2.59. The van der Waals surface area contributed by atoms with Crippen molar-refractivity contribution < 1.29 is 29.0 Å². The van der Waals surface area contributed by atoms with E-state index in [1.54, 1.807) is 18.2 Å². The first-order valence-corrected chi connectivity index (χ1v) is 7.94. The van der Waals surface area contributed by atoms with Crippen molar-refractivity contribution in [3.63, 3.8) is 0 Å². The summed E-state index contributed by atoms with van der Waals surface area (Å²) in [6, 6.07) is 4.08. The second-order valence-electron chi connectivity index (χ2n) is 5.70. The maximum Gasteiger partial charge on any atom is 0.305 e. The van der Waals surface area contributed by atoms with Gasteiger partial charge in [-0.25, -0.2) is 5.01 Å². The van der Waals surface area contributed by atoms with Gasteiger partial charge in [0.05, 0.1) is 26.7 Å². The molecule has 26 heavy (non-hydrogen) atoms. The summed E-state index contributed by atoms with van der Waals surface area (Å²) in [6.45, 7) is 0. The molecule has 1 unspecified atom stereocenters. The molecule has 0 radical (unpaired) electrons. The Labute approximate surface area is 150 Å². The predicted molar refractivity (Wildman–Crippen MR) is 92.1 cm³/mol. The monoisotopic (exact) mass is 363 g/mol. The van der Waals surface area contributed by atoms with Crippen molar-refractivity contribution in [3.05, 3.63) is 23.8 Å². The fraction of sp³-hybridized carbons (Fsp3) is 0.412. The van der Waals surface area contributed by atoms with E-state index in [0.29, 0.717) is 17.1 Å². The third-order valence-electron chi connectivity index (χ3n) is 3.97. The number of hydrogen-bond donors (Lipinski definition) is 2. The van der Waals surface area contributed by atoms with Gasteiger partial charge >= 0.3 is 5.97 Å². The zero-order valence-electron chi connectivity index (χ0n) is 14.8. The number of carbonyl (C=O) groups is 3. The number of carboxylic acids is 1. The van der Waals surface area contributed by atoms with Crippen LogP contribution in [0.25, 0.3) is 0 Å². The van der Waals surface area contributed by atoms with Crippen LogP contribution in [0, 0.1) is 0 Å². The maximum atomic E-state index is 12.5. The Kier molecular flexibility index (Phi) is 6.16. The van der Waals surface area contributed by atoms with E-state index in [4.69, 9.17) is 9.47 Å². The molecule has 9 nitrogen and oxygen atoms in total. The molecule has 2 N–H and O–H groups in total. The van der Waals surface area contributed by atoms with Gasteiger partial charge in [-0.05, 0) is 12.1 Å². The normalized spacial score (nSPS) is 15.1. The molecule has 2 amide bonds. The number of ether oxygens (including phenoxy) is 2. The lowest BCUT2D eigenvalue weighted by Gasteiger charge is -2.23. The topological polar surface area (TPSA) is 118 Å². The van der Waals surface area contributed by atoms with Crippen molar-refractivity contribution in [2.24, 2.45) is 5.10 Å². The Morgan fingerprint density at radius 3 is 2.62 bits per heavy atom. The molecule has 0 saturated carbocycles. The number of nitrogens with one attached hydrogen (secondary N) is 1. The maximum absolute atomic E-state index is 12.5. The van der Waals surface area contributed by atoms with E-state index in [0.717, 1.165) is 5.01 Å². The minimum absolute atomic E-state index is 0.176. The largest absolute Gasteiger partial charge is 0.497 e. The van der Waals surface area contributed by atoms with E-state index in [1.165, 1.54) is 21.3 Å². The van der Waals surface area contributed by atoms with Gasteiger partial charge in [0.2, 0.25) is 5.91 Å². The number of rotatable bonds is 7. The molecule has 1 aromatic carbocycles. The summed E-state index contributed by atoms with van der Waals surface area (Å²) >= 11 is 0. The highest BCUT2D eigenvalue weighted by atomic mass is 16.5. The number of aliphatic carboxylic acids is 1. The standard InChI is InChI=1S/C17H21N3O6/c1-20-15(21)7-6-12(19-20)17(24)18-13(9-16(22)23)11-5-4-10(25-2)8-14(11)26-3/h4-5,8,13H,6-7,9H2,1-3H3,(H,18,24)(H,22,23). The second kappa shape index (κ2) is 8.32. The van der Waals surface area contributed by atoms with E-state index >= 15 is 0 Å². The highest BCUT2D eigenvalue weighted by molar-refractivity contribution is 6.39. The van der Waals surface area contributed by atoms with Crippen LogP contribution in [0.5, 0.6) is 11.5 Å². The minimum Gasteiger partial charge on any atom is -0.497 e. The van der Waals surface area contributed by atoms with E-state index in [2.05, 4.69) is 10.4 Å². The van der Waals surface area contributed by atoms with E-state index in [-0.39, 0.29) is 30.9 Å². The number of carboxylic acid groups (broad SMARTS) is 1. The summed E-state index contributed by atoms with van der Waals surface area (Å²) in [5.74, 6) is -0.837. The summed E-state index contributed by atoms with van der Waals surface area (Å²) in [7, 11) is 4.42. The van der Waals surface area contributed by atoms with Crippen molar-refractivity contribution in [3.8, 4) is 11.5 Å². The molecule has 1 aliphatic rings. The van der Waals surface area contributed by atoms with Gasteiger partial charge in [0, 0.05) is 31.5 Å². The van der Waals surface area contributed by atoms with Crippen molar-refractivity contribution in [2.75, 3.05) is 21.3 Å². The minimum atomic E-state index is -1.08. The van der Waals surface area contributed by atoms with Crippen LogP contribution in [0.1, 0.15) is 30.9 Å². The molecule has 0 aliphatic carbocycles. The molecule has 140 valence electrons. The highest BCUT2D eigenvalue weighted by Crippen LogP contribution is 2.31. The van der Waals surface area contributed by atoms with Crippen LogP contribution in [0.3, 0.4) is 0 Å². The van der Waals surface area contributed by atoms with E-state index < -0.39 is 17.9 Å². The number of amides is 2. The average molecular weight is 363 g/mol. The van der Waals surface area contributed by atoms with E-state index in [1.807, 2.05) is 0 Å². The number of benzene rings is 1. The van der Waals surface area contributed by atoms with Gasteiger partial charge in [-0.3, -0.25) is 14.4 Å². The lowest BCUT2D eigenvalue weighted by Crippen LogP contribution is -2.39. The fourth-order valence-electron chi connectivity index (χ4n) is 2.59. The number of hydrazone groups is 1. The van der Waals surface area contributed by atoms with Crippen LogP contribution < -0.4 is 14.8 Å². The quantitative estimate of drug-likeness (QED) is 0.745. The predicted octanol–water partition coefficient (Wildman–Crippen LogP) is 0.944. The van der Waals surface area contributed by atoms with E-state index in [9.17, 15) is 19.5 Å². The molecule has 0 fully saturated rings. The zero-order valence-corrected chi connectivity index (χ0v) is 14.8.